The van der Waals surface area contributed by atoms with E-state index >= 15 is 0 Å². The largest absolute Gasteiger partial charge is 0.393 e. The Labute approximate surface area is 130 Å². The highest BCUT2D eigenvalue weighted by Gasteiger charge is 2.18. The Balaban J connectivity index is 2.36. The van der Waals surface area contributed by atoms with Crippen molar-refractivity contribution in [3.8, 4) is 0 Å². The van der Waals surface area contributed by atoms with Crippen LogP contribution in [0.5, 0.6) is 0 Å². The predicted molar refractivity (Wildman–Crippen MR) is 90.7 cm³/mol. The molecule has 0 saturated heterocycles. The zero-order valence-corrected chi connectivity index (χ0v) is 12.8. The number of nitrogens with two attached hydrogens (primary N) is 1. The molecular weight excluding hydrogens is 280 g/mol. The second kappa shape index (κ2) is 6.99. The van der Waals surface area contributed by atoms with Crippen LogP contribution in [0.4, 0.5) is 5.69 Å². The molecule has 108 valence electrons. The molecule has 1 amide bonds. The molecule has 4 heteroatoms. The summed E-state index contributed by atoms with van der Waals surface area (Å²) in [4.78, 5) is 15.0. The van der Waals surface area contributed by atoms with Gasteiger partial charge in [-0.2, -0.15) is 0 Å². The summed E-state index contributed by atoms with van der Waals surface area (Å²) in [6.07, 6.45) is 0.434. The fourth-order valence-corrected chi connectivity index (χ4v) is 2.42. The molecule has 0 aliphatic rings. The van der Waals surface area contributed by atoms with E-state index in [1.54, 1.807) is 4.90 Å². The third-order valence-corrected chi connectivity index (χ3v) is 3.39. The monoisotopic (exact) mass is 298 g/mol. The molecule has 0 spiro atoms. The zero-order valence-electron chi connectivity index (χ0n) is 12.0. The number of hydrogen-bond donors (Lipinski definition) is 1. The van der Waals surface area contributed by atoms with Crippen molar-refractivity contribution >= 4 is 28.8 Å². The van der Waals surface area contributed by atoms with Crippen LogP contribution in [-0.2, 0) is 6.42 Å². The number of para-hydroxylation sites is 1. The highest BCUT2D eigenvalue weighted by Crippen LogP contribution is 2.19. The Morgan fingerprint density at radius 1 is 1.10 bits per heavy atom. The van der Waals surface area contributed by atoms with Crippen molar-refractivity contribution in [2.75, 3.05) is 11.4 Å². The Morgan fingerprint density at radius 2 is 1.71 bits per heavy atom. The fraction of sp³-hybridized carbons (Fsp3) is 0.176. The van der Waals surface area contributed by atoms with E-state index in [9.17, 15) is 4.79 Å². The van der Waals surface area contributed by atoms with Crippen LogP contribution < -0.4 is 10.6 Å². The van der Waals surface area contributed by atoms with E-state index in [0.717, 1.165) is 11.3 Å². The van der Waals surface area contributed by atoms with Gasteiger partial charge < -0.3 is 10.6 Å². The van der Waals surface area contributed by atoms with Crippen molar-refractivity contribution < 1.29 is 4.79 Å². The molecule has 0 bridgehead atoms. The number of thiocarbonyl (C=S) groups is 1. The molecule has 0 aliphatic carbocycles. The van der Waals surface area contributed by atoms with Crippen LogP contribution in [0.1, 0.15) is 22.8 Å². The lowest BCUT2D eigenvalue weighted by Gasteiger charge is -2.22. The molecular formula is C17H18N2OS. The first kappa shape index (κ1) is 15.2. The number of benzene rings is 2. The summed E-state index contributed by atoms with van der Waals surface area (Å²) in [5, 5.41) is 0. The van der Waals surface area contributed by atoms with Gasteiger partial charge in [0.25, 0.3) is 5.91 Å². The highest BCUT2D eigenvalue weighted by molar-refractivity contribution is 7.80. The van der Waals surface area contributed by atoms with Gasteiger partial charge in [0.2, 0.25) is 0 Å². The Hall–Kier alpha value is -2.20. The predicted octanol–water partition coefficient (Wildman–Crippen LogP) is 3.18. The van der Waals surface area contributed by atoms with Gasteiger partial charge in [-0.1, -0.05) is 48.6 Å². The Morgan fingerprint density at radius 3 is 2.33 bits per heavy atom. The summed E-state index contributed by atoms with van der Waals surface area (Å²) in [6.45, 7) is 2.56. The first-order chi connectivity index (χ1) is 10.1. The van der Waals surface area contributed by atoms with E-state index in [0.29, 0.717) is 23.5 Å². The highest BCUT2D eigenvalue weighted by atomic mass is 32.1. The SMILES string of the molecule is CCN(C(=O)c1ccccc1CC(N)=S)c1ccccc1. The van der Waals surface area contributed by atoms with Crippen LogP contribution in [0, 0.1) is 0 Å². The van der Waals surface area contributed by atoms with Crippen molar-refractivity contribution in [2.45, 2.75) is 13.3 Å². The standard InChI is InChI=1S/C17H18N2OS/c1-2-19(14-9-4-3-5-10-14)17(20)15-11-7-6-8-13(15)12-16(18)21/h3-11H,2,12H2,1H3,(H2,18,21). The van der Waals surface area contributed by atoms with Crippen molar-refractivity contribution in [3.05, 3.63) is 65.7 Å². The van der Waals surface area contributed by atoms with Crippen LogP contribution in [0.3, 0.4) is 0 Å². The zero-order chi connectivity index (χ0) is 15.2. The van der Waals surface area contributed by atoms with Gasteiger partial charge >= 0.3 is 0 Å². The van der Waals surface area contributed by atoms with Gasteiger partial charge in [-0.15, -0.1) is 0 Å². The summed E-state index contributed by atoms with van der Waals surface area (Å²) >= 11 is 4.96. The minimum atomic E-state index is -0.0319. The van der Waals surface area contributed by atoms with E-state index in [1.165, 1.54) is 0 Å². The minimum Gasteiger partial charge on any atom is -0.393 e. The van der Waals surface area contributed by atoms with Crippen LogP contribution in [0.25, 0.3) is 0 Å². The summed E-state index contributed by atoms with van der Waals surface area (Å²) in [5.41, 5.74) is 8.02. The summed E-state index contributed by atoms with van der Waals surface area (Å²) in [7, 11) is 0. The van der Waals surface area contributed by atoms with E-state index in [2.05, 4.69) is 0 Å². The lowest BCUT2D eigenvalue weighted by atomic mass is 10.0. The van der Waals surface area contributed by atoms with Crippen LogP contribution in [-0.4, -0.2) is 17.4 Å². The molecule has 0 fully saturated rings. The number of hydrogen-bond acceptors (Lipinski definition) is 2. The summed E-state index contributed by atoms with van der Waals surface area (Å²) < 4.78 is 0. The molecule has 2 N–H and O–H groups in total. The van der Waals surface area contributed by atoms with Gasteiger partial charge in [0.15, 0.2) is 0 Å². The maximum atomic E-state index is 12.8. The maximum Gasteiger partial charge on any atom is 0.258 e. The molecule has 0 unspecified atom stereocenters. The lowest BCUT2D eigenvalue weighted by Crippen LogP contribution is -2.31. The van der Waals surface area contributed by atoms with Gasteiger partial charge in [0.1, 0.15) is 0 Å². The van der Waals surface area contributed by atoms with E-state index in [4.69, 9.17) is 18.0 Å². The van der Waals surface area contributed by atoms with Crippen molar-refractivity contribution in [2.24, 2.45) is 5.73 Å². The van der Waals surface area contributed by atoms with Crippen molar-refractivity contribution in [1.29, 1.82) is 0 Å². The van der Waals surface area contributed by atoms with E-state index in [-0.39, 0.29) is 5.91 Å². The van der Waals surface area contributed by atoms with Crippen LogP contribution in [0.2, 0.25) is 0 Å². The number of nitrogens with zero attached hydrogens (tertiary/aromatic N) is 1. The molecule has 0 aromatic heterocycles. The quantitative estimate of drug-likeness (QED) is 0.862. The molecule has 2 aromatic carbocycles. The van der Waals surface area contributed by atoms with E-state index in [1.807, 2.05) is 61.5 Å². The second-order valence-electron chi connectivity index (χ2n) is 4.69. The third-order valence-electron chi connectivity index (χ3n) is 3.24. The minimum absolute atomic E-state index is 0.0319. The summed E-state index contributed by atoms with van der Waals surface area (Å²) in [5.74, 6) is -0.0319. The number of anilines is 1. The molecule has 0 heterocycles. The number of rotatable bonds is 5. The first-order valence-corrected chi connectivity index (χ1v) is 7.27. The molecule has 0 radical (unpaired) electrons. The average molecular weight is 298 g/mol. The molecule has 0 aliphatic heterocycles. The molecule has 0 saturated carbocycles. The average Bonchev–Trinajstić information content (AvgIpc) is 2.49. The van der Waals surface area contributed by atoms with Crippen molar-refractivity contribution in [1.82, 2.24) is 0 Å². The molecule has 21 heavy (non-hydrogen) atoms. The maximum absolute atomic E-state index is 12.8. The van der Waals surface area contributed by atoms with Gasteiger partial charge in [0, 0.05) is 24.2 Å². The van der Waals surface area contributed by atoms with Crippen LogP contribution in [0.15, 0.2) is 54.6 Å². The molecule has 3 nitrogen and oxygen atoms in total. The molecule has 2 rings (SSSR count). The molecule has 0 atom stereocenters. The van der Waals surface area contributed by atoms with Gasteiger partial charge in [-0.05, 0) is 30.7 Å². The summed E-state index contributed by atoms with van der Waals surface area (Å²) in [6, 6.07) is 17.1. The smallest absolute Gasteiger partial charge is 0.258 e. The normalized spacial score (nSPS) is 10.1. The Kier molecular flexibility index (Phi) is 5.06. The molecule has 2 aromatic rings. The van der Waals surface area contributed by atoms with Crippen molar-refractivity contribution in [3.63, 3.8) is 0 Å². The lowest BCUT2D eigenvalue weighted by molar-refractivity contribution is 0.0987. The number of carbonyl (C=O) groups excluding carboxylic acids is 1. The number of amides is 1. The second-order valence-corrected chi connectivity index (χ2v) is 5.21. The van der Waals surface area contributed by atoms with E-state index < -0.39 is 0 Å². The first-order valence-electron chi connectivity index (χ1n) is 6.86. The Bertz CT molecular complexity index is 640. The topological polar surface area (TPSA) is 46.3 Å². The van der Waals surface area contributed by atoms with Gasteiger partial charge in [-0.25, -0.2) is 0 Å². The number of carbonyl (C=O) groups is 1. The van der Waals surface area contributed by atoms with Crippen LogP contribution >= 0.6 is 12.2 Å². The van der Waals surface area contributed by atoms with Gasteiger partial charge in [-0.3, -0.25) is 4.79 Å². The third kappa shape index (κ3) is 3.67. The fourth-order valence-electron chi connectivity index (χ4n) is 2.27. The van der Waals surface area contributed by atoms with Gasteiger partial charge in [0.05, 0.1) is 4.99 Å².